The summed E-state index contributed by atoms with van der Waals surface area (Å²) in [5.74, 6) is 0.201. The number of hydrogen-bond donors (Lipinski definition) is 1. The first-order valence-electron chi connectivity index (χ1n) is 6.65. The van der Waals surface area contributed by atoms with Gasteiger partial charge in [-0.25, -0.2) is 4.79 Å². The summed E-state index contributed by atoms with van der Waals surface area (Å²) in [5.41, 5.74) is 6.68. The number of carbonyl (C=O) groups excluding carboxylic acids is 1. The Morgan fingerprint density at radius 2 is 2.00 bits per heavy atom. The number of nitrogens with zero attached hydrogens (tertiary/aromatic N) is 1. The number of carbonyl (C=O) groups is 1. The minimum absolute atomic E-state index is 0.105. The van der Waals surface area contributed by atoms with Crippen molar-refractivity contribution in [2.24, 2.45) is 0 Å². The molecule has 1 rings (SSSR count). The molecule has 0 radical (unpaired) electrons. The molecule has 0 aromatic heterocycles. The maximum absolute atomic E-state index is 11.6. The van der Waals surface area contributed by atoms with Crippen molar-refractivity contribution in [3.8, 4) is 5.75 Å². The van der Waals surface area contributed by atoms with Crippen molar-refractivity contribution in [1.82, 2.24) is 4.90 Å². The molecule has 0 aliphatic heterocycles. The second-order valence-electron chi connectivity index (χ2n) is 5.47. The average Bonchev–Trinajstić information content (AvgIpc) is 2.37. The van der Waals surface area contributed by atoms with Gasteiger partial charge in [-0.2, -0.15) is 0 Å². The summed E-state index contributed by atoms with van der Waals surface area (Å²) in [4.78, 5) is 13.7. The highest BCUT2D eigenvalue weighted by Crippen LogP contribution is 2.24. The fourth-order valence-electron chi connectivity index (χ4n) is 1.40. The van der Waals surface area contributed by atoms with E-state index in [1.54, 1.807) is 25.1 Å². The first-order chi connectivity index (χ1) is 9.27. The van der Waals surface area contributed by atoms with Crippen LogP contribution < -0.4 is 10.5 Å². The maximum Gasteiger partial charge on any atom is 0.338 e. The quantitative estimate of drug-likeness (QED) is 0.639. The van der Waals surface area contributed by atoms with Crippen molar-refractivity contribution >= 4 is 11.7 Å². The third-order valence-electron chi connectivity index (χ3n) is 3.31. The molecule has 0 amide bonds. The van der Waals surface area contributed by atoms with E-state index in [-0.39, 0.29) is 11.5 Å². The van der Waals surface area contributed by atoms with Crippen molar-refractivity contribution in [3.05, 3.63) is 23.8 Å². The molecule has 0 saturated heterocycles. The van der Waals surface area contributed by atoms with Crippen LogP contribution in [0.5, 0.6) is 5.75 Å². The Bertz CT molecular complexity index is 470. The van der Waals surface area contributed by atoms with E-state index in [1.165, 1.54) is 0 Å². The molecule has 0 unspecified atom stereocenters. The number of ether oxygens (including phenoxy) is 2. The Kier molecular flexibility index (Phi) is 5.39. The molecular formula is C15H24N2O3. The SMILES string of the molecule is CCOC(=O)c1ccc(OCC(C)(C)N(C)C)c(N)c1. The lowest BCUT2D eigenvalue weighted by Gasteiger charge is -2.32. The zero-order valence-electron chi connectivity index (χ0n) is 12.9. The molecule has 1 aromatic rings. The van der Waals surface area contributed by atoms with Crippen LogP contribution in [0.15, 0.2) is 18.2 Å². The van der Waals surface area contributed by atoms with Gasteiger partial charge in [-0.1, -0.05) is 0 Å². The minimum Gasteiger partial charge on any atom is -0.490 e. The second-order valence-corrected chi connectivity index (χ2v) is 5.47. The normalized spacial score (nSPS) is 11.5. The Morgan fingerprint density at radius 1 is 1.35 bits per heavy atom. The van der Waals surface area contributed by atoms with Crippen molar-refractivity contribution in [2.75, 3.05) is 33.0 Å². The number of anilines is 1. The summed E-state index contributed by atoms with van der Waals surface area (Å²) in [5, 5.41) is 0. The summed E-state index contributed by atoms with van der Waals surface area (Å²) in [6.45, 7) is 6.77. The lowest BCUT2D eigenvalue weighted by atomic mass is 10.1. The zero-order chi connectivity index (χ0) is 15.3. The molecule has 1 aromatic carbocycles. The van der Waals surface area contributed by atoms with E-state index >= 15 is 0 Å². The zero-order valence-corrected chi connectivity index (χ0v) is 12.9. The van der Waals surface area contributed by atoms with Gasteiger partial charge in [0, 0.05) is 5.54 Å². The van der Waals surface area contributed by atoms with Crippen molar-refractivity contribution < 1.29 is 14.3 Å². The van der Waals surface area contributed by atoms with Crippen LogP contribution in [0, 0.1) is 0 Å². The Labute approximate surface area is 120 Å². The van der Waals surface area contributed by atoms with Crippen LogP contribution in [0.4, 0.5) is 5.69 Å². The number of nitrogens with two attached hydrogens (primary N) is 1. The van der Waals surface area contributed by atoms with Crippen LogP contribution in [0.1, 0.15) is 31.1 Å². The number of hydrogen-bond acceptors (Lipinski definition) is 5. The Hall–Kier alpha value is -1.75. The third-order valence-corrected chi connectivity index (χ3v) is 3.31. The van der Waals surface area contributed by atoms with E-state index in [0.29, 0.717) is 30.2 Å². The average molecular weight is 280 g/mol. The predicted molar refractivity (Wildman–Crippen MR) is 80.1 cm³/mol. The molecule has 0 atom stereocenters. The summed E-state index contributed by atoms with van der Waals surface area (Å²) < 4.78 is 10.7. The fraction of sp³-hybridized carbons (Fsp3) is 0.533. The van der Waals surface area contributed by atoms with Crippen molar-refractivity contribution in [1.29, 1.82) is 0 Å². The van der Waals surface area contributed by atoms with Gasteiger partial charge in [0.1, 0.15) is 12.4 Å². The Morgan fingerprint density at radius 3 is 2.50 bits per heavy atom. The van der Waals surface area contributed by atoms with Crippen LogP contribution in [-0.2, 0) is 4.74 Å². The summed E-state index contributed by atoms with van der Waals surface area (Å²) in [7, 11) is 3.99. The Balaban J connectivity index is 2.77. The van der Waals surface area contributed by atoms with Gasteiger partial charge in [0.2, 0.25) is 0 Å². The maximum atomic E-state index is 11.6. The summed E-state index contributed by atoms with van der Waals surface area (Å²) in [6, 6.07) is 4.94. The molecule has 0 spiro atoms. The van der Waals surface area contributed by atoms with E-state index in [4.69, 9.17) is 15.2 Å². The van der Waals surface area contributed by atoms with Gasteiger partial charge >= 0.3 is 5.97 Å². The highest BCUT2D eigenvalue weighted by atomic mass is 16.5. The number of nitrogen functional groups attached to an aromatic ring is 1. The van der Waals surface area contributed by atoms with Crippen molar-refractivity contribution in [2.45, 2.75) is 26.3 Å². The molecule has 0 saturated carbocycles. The molecule has 0 bridgehead atoms. The van der Waals surface area contributed by atoms with Crippen molar-refractivity contribution in [3.63, 3.8) is 0 Å². The van der Waals surface area contributed by atoms with Crippen LogP contribution in [0.3, 0.4) is 0 Å². The smallest absolute Gasteiger partial charge is 0.338 e. The summed E-state index contributed by atoms with van der Waals surface area (Å²) >= 11 is 0. The predicted octanol–water partition coefficient (Wildman–Crippen LogP) is 2.16. The standard InChI is InChI=1S/C15H24N2O3/c1-6-19-14(18)11-7-8-13(12(16)9-11)20-10-15(2,3)17(4)5/h7-9H,6,10,16H2,1-5H3. The molecule has 2 N–H and O–H groups in total. The van der Waals surface area contributed by atoms with Gasteiger partial charge in [0.15, 0.2) is 0 Å². The number of esters is 1. The fourth-order valence-corrected chi connectivity index (χ4v) is 1.40. The first-order valence-corrected chi connectivity index (χ1v) is 6.65. The van der Waals surface area contributed by atoms with E-state index in [0.717, 1.165) is 0 Å². The van der Waals surface area contributed by atoms with Gasteiger partial charge in [-0.15, -0.1) is 0 Å². The van der Waals surface area contributed by atoms with Crippen LogP contribution in [-0.4, -0.2) is 43.7 Å². The van der Waals surface area contributed by atoms with Crippen LogP contribution in [0.25, 0.3) is 0 Å². The van der Waals surface area contributed by atoms with Crippen LogP contribution >= 0.6 is 0 Å². The molecule has 112 valence electrons. The first kappa shape index (κ1) is 16.3. The summed E-state index contributed by atoms with van der Waals surface area (Å²) in [6.07, 6.45) is 0. The lowest BCUT2D eigenvalue weighted by molar-refractivity contribution is 0.0526. The molecule has 0 aliphatic rings. The van der Waals surface area contributed by atoms with Gasteiger partial charge in [-0.3, -0.25) is 0 Å². The van der Waals surface area contributed by atoms with E-state index < -0.39 is 0 Å². The van der Waals surface area contributed by atoms with E-state index in [1.807, 2.05) is 14.1 Å². The molecule has 5 heteroatoms. The number of rotatable bonds is 6. The topological polar surface area (TPSA) is 64.8 Å². The highest BCUT2D eigenvalue weighted by molar-refractivity contribution is 5.91. The van der Waals surface area contributed by atoms with Gasteiger partial charge in [-0.05, 0) is 53.1 Å². The molecule has 5 nitrogen and oxygen atoms in total. The minimum atomic E-state index is -0.376. The molecule has 0 heterocycles. The molecule has 20 heavy (non-hydrogen) atoms. The highest BCUT2D eigenvalue weighted by Gasteiger charge is 2.22. The molecule has 0 aliphatic carbocycles. The van der Waals surface area contributed by atoms with E-state index in [9.17, 15) is 4.79 Å². The van der Waals surface area contributed by atoms with E-state index in [2.05, 4.69) is 18.7 Å². The van der Waals surface area contributed by atoms with Gasteiger partial charge in [0.05, 0.1) is 17.9 Å². The third kappa shape index (κ3) is 4.13. The lowest BCUT2D eigenvalue weighted by Crippen LogP contribution is -2.43. The number of benzene rings is 1. The molecular weight excluding hydrogens is 256 g/mol. The van der Waals surface area contributed by atoms with Gasteiger partial charge < -0.3 is 20.1 Å². The van der Waals surface area contributed by atoms with Gasteiger partial charge in [0.25, 0.3) is 0 Å². The molecule has 0 fully saturated rings. The second kappa shape index (κ2) is 6.61. The van der Waals surface area contributed by atoms with Crippen LogP contribution in [0.2, 0.25) is 0 Å². The largest absolute Gasteiger partial charge is 0.490 e. The number of likely N-dealkylation sites (N-methyl/N-ethyl adjacent to an activating group) is 1. The monoisotopic (exact) mass is 280 g/mol.